The first-order chi connectivity index (χ1) is 9.65. The van der Waals surface area contributed by atoms with Gasteiger partial charge in [0.15, 0.2) is 5.78 Å². The number of Topliss-reactive ketones (excluding diaryl/α,β-unsaturated/α-hetero) is 1. The molecule has 0 unspecified atom stereocenters. The van der Waals surface area contributed by atoms with Gasteiger partial charge >= 0.3 is 6.92 Å². The minimum atomic E-state index is -0.0637. The molecule has 0 atom stereocenters. The lowest BCUT2D eigenvalue weighted by atomic mass is 9.64. The standard InChI is InChI=1S/C15H14BNO3/c1-10(18)13-4-3-7-17-15(13)20-12-5-6-14-11(8-12)9-19-16(14)2/h3-8H,9H2,1-2H3. The van der Waals surface area contributed by atoms with E-state index in [4.69, 9.17) is 9.39 Å². The molecule has 0 aliphatic carbocycles. The van der Waals surface area contributed by atoms with E-state index in [1.54, 1.807) is 18.3 Å². The molecule has 1 aromatic heterocycles. The molecule has 0 radical (unpaired) electrons. The van der Waals surface area contributed by atoms with Crippen LogP contribution in [0, 0.1) is 0 Å². The molecule has 0 spiro atoms. The van der Waals surface area contributed by atoms with Crippen molar-refractivity contribution >= 4 is 18.2 Å². The number of ketones is 1. The van der Waals surface area contributed by atoms with Crippen LogP contribution in [0.2, 0.25) is 6.82 Å². The number of nitrogens with zero attached hydrogens (tertiary/aromatic N) is 1. The largest absolute Gasteiger partial charge is 0.438 e. The van der Waals surface area contributed by atoms with Gasteiger partial charge in [-0.25, -0.2) is 4.98 Å². The van der Waals surface area contributed by atoms with Crippen LogP contribution >= 0.6 is 0 Å². The van der Waals surface area contributed by atoms with Crippen molar-refractivity contribution in [1.29, 1.82) is 0 Å². The molecule has 2 heterocycles. The minimum Gasteiger partial charge on any atom is -0.438 e. The molecular weight excluding hydrogens is 253 g/mol. The lowest BCUT2D eigenvalue weighted by molar-refractivity contribution is 0.101. The van der Waals surface area contributed by atoms with Crippen molar-refractivity contribution in [2.24, 2.45) is 0 Å². The van der Waals surface area contributed by atoms with E-state index >= 15 is 0 Å². The summed E-state index contributed by atoms with van der Waals surface area (Å²) in [4.78, 5) is 15.7. The fourth-order valence-electron chi connectivity index (χ4n) is 2.32. The molecule has 5 heteroatoms. The summed E-state index contributed by atoms with van der Waals surface area (Å²) in [7, 11) is 0. The Bertz CT molecular complexity index is 672. The molecule has 2 aromatic rings. The topological polar surface area (TPSA) is 48.4 Å². The van der Waals surface area contributed by atoms with E-state index in [0.717, 1.165) is 5.56 Å². The Balaban J connectivity index is 1.91. The molecule has 1 aromatic carbocycles. The molecule has 1 aliphatic heterocycles. The van der Waals surface area contributed by atoms with E-state index in [0.29, 0.717) is 23.8 Å². The van der Waals surface area contributed by atoms with Crippen molar-refractivity contribution in [1.82, 2.24) is 4.98 Å². The van der Waals surface area contributed by atoms with Gasteiger partial charge < -0.3 is 9.39 Å². The zero-order chi connectivity index (χ0) is 14.1. The van der Waals surface area contributed by atoms with Gasteiger partial charge in [0, 0.05) is 6.20 Å². The predicted molar refractivity (Wildman–Crippen MR) is 76.8 cm³/mol. The van der Waals surface area contributed by atoms with Gasteiger partial charge in [0.2, 0.25) is 5.88 Å². The Hall–Kier alpha value is -2.14. The zero-order valence-corrected chi connectivity index (χ0v) is 11.4. The highest BCUT2D eigenvalue weighted by Gasteiger charge is 2.23. The number of carbonyl (C=O) groups is 1. The van der Waals surface area contributed by atoms with E-state index in [2.05, 4.69) is 4.98 Å². The fraction of sp³-hybridized carbons (Fsp3) is 0.200. The molecule has 3 rings (SSSR count). The Morgan fingerprint density at radius 3 is 3.05 bits per heavy atom. The SMILES string of the molecule is CB1OCc2cc(Oc3ncccc3C(C)=O)ccc21. The van der Waals surface area contributed by atoms with Crippen LogP contribution in [-0.4, -0.2) is 17.7 Å². The first-order valence-corrected chi connectivity index (χ1v) is 6.53. The summed E-state index contributed by atoms with van der Waals surface area (Å²) in [5.74, 6) is 0.945. The molecule has 0 saturated carbocycles. The predicted octanol–water partition coefficient (Wildman–Crippen LogP) is 2.44. The van der Waals surface area contributed by atoms with E-state index in [1.807, 2.05) is 25.0 Å². The normalized spacial score (nSPS) is 13.2. The Kier molecular flexibility index (Phi) is 3.28. The summed E-state index contributed by atoms with van der Waals surface area (Å²) >= 11 is 0. The average molecular weight is 267 g/mol. The smallest absolute Gasteiger partial charge is 0.324 e. The summed E-state index contributed by atoms with van der Waals surface area (Å²) in [5.41, 5.74) is 2.79. The van der Waals surface area contributed by atoms with Gasteiger partial charge in [-0.05, 0) is 42.2 Å². The van der Waals surface area contributed by atoms with Crippen molar-refractivity contribution in [2.75, 3.05) is 0 Å². The van der Waals surface area contributed by atoms with Crippen molar-refractivity contribution in [2.45, 2.75) is 20.4 Å². The van der Waals surface area contributed by atoms with Crippen LogP contribution in [0.3, 0.4) is 0 Å². The van der Waals surface area contributed by atoms with Crippen LogP contribution in [-0.2, 0) is 11.3 Å². The monoisotopic (exact) mass is 267 g/mol. The number of hydrogen-bond acceptors (Lipinski definition) is 4. The summed E-state index contributed by atoms with van der Waals surface area (Å²) in [5, 5.41) is 0. The number of fused-ring (bicyclic) bond motifs is 1. The third-order valence-corrected chi connectivity index (χ3v) is 3.41. The summed E-state index contributed by atoms with van der Waals surface area (Å²) in [6, 6.07) is 9.25. The van der Waals surface area contributed by atoms with Gasteiger partial charge in [-0.2, -0.15) is 0 Å². The summed E-state index contributed by atoms with van der Waals surface area (Å²) in [6.07, 6.45) is 1.61. The van der Waals surface area contributed by atoms with Crippen molar-refractivity contribution < 1.29 is 14.2 Å². The molecule has 4 nitrogen and oxygen atoms in total. The van der Waals surface area contributed by atoms with Crippen molar-refractivity contribution in [3.05, 3.63) is 47.7 Å². The number of aromatic nitrogens is 1. The number of carbonyl (C=O) groups excluding carboxylic acids is 1. The number of ether oxygens (including phenoxy) is 1. The molecule has 0 fully saturated rings. The zero-order valence-electron chi connectivity index (χ0n) is 11.4. The molecule has 0 N–H and O–H groups in total. The molecule has 100 valence electrons. The molecule has 0 saturated heterocycles. The van der Waals surface area contributed by atoms with E-state index < -0.39 is 0 Å². The lowest BCUT2D eigenvalue weighted by Gasteiger charge is -2.09. The van der Waals surface area contributed by atoms with Crippen LogP contribution in [0.15, 0.2) is 36.5 Å². The summed E-state index contributed by atoms with van der Waals surface area (Å²) in [6.45, 7) is 4.25. The quantitative estimate of drug-likeness (QED) is 0.633. The number of hydrogen-bond donors (Lipinski definition) is 0. The highest BCUT2D eigenvalue weighted by Crippen LogP contribution is 2.25. The Labute approximate surface area is 117 Å². The van der Waals surface area contributed by atoms with Gasteiger partial charge in [-0.15, -0.1) is 0 Å². The highest BCUT2D eigenvalue weighted by molar-refractivity contribution is 6.67. The first-order valence-electron chi connectivity index (χ1n) is 6.53. The maximum atomic E-state index is 11.5. The van der Waals surface area contributed by atoms with Crippen molar-refractivity contribution in [3.8, 4) is 11.6 Å². The van der Waals surface area contributed by atoms with Gasteiger partial charge in [0.25, 0.3) is 0 Å². The lowest BCUT2D eigenvalue weighted by Crippen LogP contribution is -2.23. The third kappa shape index (κ3) is 2.32. The number of benzene rings is 1. The van der Waals surface area contributed by atoms with Gasteiger partial charge in [-0.1, -0.05) is 12.9 Å². The maximum Gasteiger partial charge on any atom is 0.324 e. The number of rotatable bonds is 3. The maximum absolute atomic E-state index is 11.5. The second-order valence-electron chi connectivity index (χ2n) is 4.83. The fourth-order valence-corrected chi connectivity index (χ4v) is 2.32. The van der Waals surface area contributed by atoms with E-state index in [-0.39, 0.29) is 12.7 Å². The minimum absolute atomic E-state index is 0.0637. The Morgan fingerprint density at radius 2 is 2.25 bits per heavy atom. The first kappa shape index (κ1) is 12.9. The van der Waals surface area contributed by atoms with Crippen LogP contribution in [0.4, 0.5) is 0 Å². The van der Waals surface area contributed by atoms with Gasteiger partial charge in [0.05, 0.1) is 12.2 Å². The Morgan fingerprint density at radius 1 is 1.40 bits per heavy atom. The molecule has 0 amide bonds. The van der Waals surface area contributed by atoms with Crippen LogP contribution in [0.25, 0.3) is 0 Å². The third-order valence-electron chi connectivity index (χ3n) is 3.41. The average Bonchev–Trinajstić information content (AvgIpc) is 2.80. The van der Waals surface area contributed by atoms with E-state index in [9.17, 15) is 4.79 Å². The van der Waals surface area contributed by atoms with Crippen molar-refractivity contribution in [3.63, 3.8) is 0 Å². The van der Waals surface area contributed by atoms with Crippen LogP contribution in [0.1, 0.15) is 22.8 Å². The molecule has 0 bridgehead atoms. The number of pyridine rings is 1. The molecule has 1 aliphatic rings. The van der Waals surface area contributed by atoms with Gasteiger partial charge in [0.1, 0.15) is 5.75 Å². The second-order valence-corrected chi connectivity index (χ2v) is 4.83. The molecular formula is C15H14BNO3. The second kappa shape index (κ2) is 5.09. The van der Waals surface area contributed by atoms with Gasteiger partial charge in [-0.3, -0.25) is 4.79 Å². The van der Waals surface area contributed by atoms with Crippen LogP contribution in [0.5, 0.6) is 11.6 Å². The molecule has 20 heavy (non-hydrogen) atoms. The summed E-state index contributed by atoms with van der Waals surface area (Å²) < 4.78 is 11.3. The van der Waals surface area contributed by atoms with E-state index in [1.165, 1.54) is 12.4 Å². The highest BCUT2D eigenvalue weighted by atomic mass is 16.5. The van der Waals surface area contributed by atoms with Crippen LogP contribution < -0.4 is 10.2 Å².